The zero-order valence-corrected chi connectivity index (χ0v) is 13.7. The van der Waals surface area contributed by atoms with Crippen LogP contribution >= 0.6 is 0 Å². The van der Waals surface area contributed by atoms with Crippen LogP contribution in [0.4, 0.5) is 8.78 Å². The number of alkyl halides is 1. The van der Waals surface area contributed by atoms with Gasteiger partial charge in [0.1, 0.15) is 12.2 Å². The van der Waals surface area contributed by atoms with Gasteiger partial charge in [0.15, 0.2) is 6.61 Å². The van der Waals surface area contributed by atoms with Gasteiger partial charge in [-0.15, -0.1) is 6.42 Å². The first-order valence-corrected chi connectivity index (χ1v) is 7.40. The molecule has 9 nitrogen and oxygen atoms in total. The number of halogens is 2. The van der Waals surface area contributed by atoms with Crippen LogP contribution in [0.5, 0.6) is 0 Å². The number of terminal acetylenes is 1. The molecule has 0 amide bonds. The first-order valence-electron chi connectivity index (χ1n) is 7.40. The van der Waals surface area contributed by atoms with E-state index in [9.17, 15) is 33.4 Å². The van der Waals surface area contributed by atoms with Gasteiger partial charge in [0, 0.05) is 0 Å². The third kappa shape index (κ3) is 3.03. The minimum atomic E-state index is -3.19. The fourth-order valence-electron chi connectivity index (χ4n) is 2.35. The van der Waals surface area contributed by atoms with E-state index in [0.29, 0.717) is 6.20 Å². The van der Waals surface area contributed by atoms with E-state index in [1.165, 1.54) is 13.8 Å². The fourth-order valence-corrected chi connectivity index (χ4v) is 2.35. The Bertz CT molecular complexity index is 874. The second-order valence-corrected chi connectivity index (χ2v) is 5.99. The lowest BCUT2D eigenvalue weighted by molar-refractivity contribution is -0.234. The fraction of sp³-hybridized carbons (Fsp3) is 0.533. The molecule has 0 aromatic carbocycles. The molecule has 1 aliphatic heterocycles. The highest BCUT2D eigenvalue weighted by molar-refractivity contribution is 5.71. The van der Waals surface area contributed by atoms with Crippen LogP contribution in [0.1, 0.15) is 13.8 Å². The van der Waals surface area contributed by atoms with Gasteiger partial charge in [-0.3, -0.25) is 23.9 Å². The molecule has 2 heterocycles. The number of aliphatic hydroxyl groups is 2. The lowest BCUT2D eigenvalue weighted by Crippen LogP contribution is -2.51. The number of aromatic nitrogens is 2. The van der Waals surface area contributed by atoms with Gasteiger partial charge in [-0.25, -0.2) is 9.18 Å². The predicted octanol–water partition coefficient (Wildman–Crippen LogP) is -1.42. The van der Waals surface area contributed by atoms with E-state index >= 15 is 0 Å². The van der Waals surface area contributed by atoms with E-state index in [-0.39, 0.29) is 4.57 Å². The zero-order chi connectivity index (χ0) is 19.9. The topological polar surface area (TPSA) is 131 Å². The summed E-state index contributed by atoms with van der Waals surface area (Å²) in [5.74, 6) is -4.31. The van der Waals surface area contributed by atoms with Crippen molar-refractivity contribution >= 4 is 5.97 Å². The summed E-state index contributed by atoms with van der Waals surface area (Å²) in [6, 6.07) is 0. The Morgan fingerprint density at radius 2 is 2.12 bits per heavy atom. The monoisotopic (exact) mass is 374 g/mol. The summed E-state index contributed by atoms with van der Waals surface area (Å²) >= 11 is 0. The van der Waals surface area contributed by atoms with E-state index in [4.69, 9.17) is 11.2 Å². The van der Waals surface area contributed by atoms with Gasteiger partial charge in [0.25, 0.3) is 11.4 Å². The number of nitrogens with zero attached hydrogens (tertiary/aromatic N) is 1. The van der Waals surface area contributed by atoms with Crippen LogP contribution in [0.25, 0.3) is 0 Å². The number of carbonyl (C=O) groups excluding carboxylic acids is 1. The molecule has 0 spiro atoms. The zero-order valence-electron chi connectivity index (χ0n) is 13.7. The van der Waals surface area contributed by atoms with Crippen LogP contribution < -0.4 is 11.2 Å². The van der Waals surface area contributed by atoms with Crippen LogP contribution in [0, 0.1) is 24.1 Å². The largest absolute Gasteiger partial charge is 0.459 e. The smallest absolute Gasteiger partial charge is 0.331 e. The maximum Gasteiger partial charge on any atom is 0.331 e. The molecule has 2 rings (SSSR count). The summed E-state index contributed by atoms with van der Waals surface area (Å²) in [5.41, 5.74) is -5.38. The standard InChI is InChI=1S/C15H16F2N2O7/c1-4-15(19-5-8(16)11(22)18-13(19)24)10(21)9(20)14(17,26-15)6-25-12(23)7(2)3/h1,5,7,9-10,20-21H,6H2,2-3H3,(H,18,22,24)/t9-,10+,14+,15+/m0/s1. The van der Waals surface area contributed by atoms with Crippen LogP contribution in [0.2, 0.25) is 0 Å². The molecule has 0 bridgehead atoms. The minimum absolute atomic E-state index is 0.225. The van der Waals surface area contributed by atoms with E-state index in [1.807, 2.05) is 0 Å². The van der Waals surface area contributed by atoms with Gasteiger partial charge in [-0.1, -0.05) is 13.8 Å². The summed E-state index contributed by atoms with van der Waals surface area (Å²) in [6.07, 6.45) is 0.951. The van der Waals surface area contributed by atoms with Crippen molar-refractivity contribution in [3.63, 3.8) is 0 Å². The van der Waals surface area contributed by atoms with Crippen LogP contribution in [0.3, 0.4) is 0 Å². The average molecular weight is 374 g/mol. The second kappa shape index (κ2) is 6.64. The highest BCUT2D eigenvalue weighted by Gasteiger charge is 2.65. The molecule has 3 N–H and O–H groups in total. The van der Waals surface area contributed by atoms with Crippen molar-refractivity contribution in [1.82, 2.24) is 9.55 Å². The highest BCUT2D eigenvalue weighted by atomic mass is 19.2. The number of aromatic amines is 1. The molecule has 1 fully saturated rings. The Morgan fingerprint density at radius 1 is 1.50 bits per heavy atom. The Morgan fingerprint density at radius 3 is 2.65 bits per heavy atom. The highest BCUT2D eigenvalue weighted by Crippen LogP contribution is 2.42. The van der Waals surface area contributed by atoms with Gasteiger partial charge in [-0.2, -0.15) is 4.39 Å². The third-order valence-corrected chi connectivity index (χ3v) is 3.81. The Kier molecular flexibility index (Phi) is 5.05. The normalized spacial score (nSPS) is 31.0. The number of H-pyrrole nitrogens is 1. The van der Waals surface area contributed by atoms with Crippen LogP contribution in [0.15, 0.2) is 15.8 Å². The number of nitrogens with one attached hydrogen (secondary N) is 1. The van der Waals surface area contributed by atoms with Crippen molar-refractivity contribution in [3.8, 4) is 12.3 Å². The van der Waals surface area contributed by atoms with Gasteiger partial charge >= 0.3 is 11.7 Å². The summed E-state index contributed by atoms with van der Waals surface area (Å²) in [4.78, 5) is 36.1. The average Bonchev–Trinajstić information content (AvgIpc) is 2.78. The van der Waals surface area contributed by atoms with Crippen molar-refractivity contribution in [1.29, 1.82) is 0 Å². The Labute approximate surface area is 145 Å². The second-order valence-electron chi connectivity index (χ2n) is 5.99. The first kappa shape index (κ1) is 19.8. The van der Waals surface area contributed by atoms with Gasteiger partial charge in [0.05, 0.1) is 12.1 Å². The van der Waals surface area contributed by atoms with Crippen LogP contribution in [-0.2, 0) is 20.0 Å². The van der Waals surface area contributed by atoms with Crippen molar-refractivity contribution in [2.24, 2.45) is 5.92 Å². The lowest BCUT2D eigenvalue weighted by Gasteiger charge is -2.28. The van der Waals surface area contributed by atoms with E-state index in [0.717, 1.165) is 0 Å². The predicted molar refractivity (Wildman–Crippen MR) is 80.8 cm³/mol. The number of rotatable bonds is 4. The van der Waals surface area contributed by atoms with E-state index in [1.54, 1.807) is 10.9 Å². The number of ether oxygens (including phenoxy) is 2. The van der Waals surface area contributed by atoms with Crippen molar-refractivity contribution in [2.45, 2.75) is 37.6 Å². The lowest BCUT2D eigenvalue weighted by atomic mass is 10.0. The molecule has 0 aliphatic carbocycles. The minimum Gasteiger partial charge on any atom is -0.459 e. The molecule has 0 unspecified atom stereocenters. The molecular weight excluding hydrogens is 358 g/mol. The number of hydrogen-bond acceptors (Lipinski definition) is 7. The summed E-state index contributed by atoms with van der Waals surface area (Å²) < 4.78 is 38.3. The molecule has 26 heavy (non-hydrogen) atoms. The van der Waals surface area contributed by atoms with Gasteiger partial charge < -0.3 is 14.9 Å². The SMILES string of the molecule is C#C[C@@]1(n2cc(F)c(=O)[nH]c2=O)O[C@](F)(COC(=O)C(C)C)[C@@H](O)[C@H]1O. The van der Waals surface area contributed by atoms with Crippen molar-refractivity contribution in [3.05, 3.63) is 32.9 Å². The molecule has 1 aliphatic rings. The van der Waals surface area contributed by atoms with Crippen LogP contribution in [-0.4, -0.2) is 50.4 Å². The molecule has 0 saturated carbocycles. The molecule has 1 aromatic heterocycles. The number of esters is 1. The quantitative estimate of drug-likeness (QED) is 0.435. The van der Waals surface area contributed by atoms with Crippen molar-refractivity contribution < 1.29 is 33.3 Å². The maximum absolute atomic E-state index is 15.0. The summed E-state index contributed by atoms with van der Waals surface area (Å²) in [7, 11) is 0. The third-order valence-electron chi connectivity index (χ3n) is 3.81. The summed E-state index contributed by atoms with van der Waals surface area (Å²) in [6.45, 7) is 1.80. The van der Waals surface area contributed by atoms with E-state index < -0.39 is 59.3 Å². The summed E-state index contributed by atoms with van der Waals surface area (Å²) in [5, 5.41) is 20.2. The van der Waals surface area contributed by atoms with Gasteiger partial charge in [0.2, 0.25) is 11.5 Å². The van der Waals surface area contributed by atoms with E-state index in [2.05, 4.69) is 4.74 Å². The molecule has 1 aromatic rings. The molecule has 0 radical (unpaired) electrons. The molecule has 4 atom stereocenters. The number of aliphatic hydroxyl groups excluding tert-OH is 2. The Balaban J connectivity index is 2.47. The molecule has 1 saturated heterocycles. The first-order chi connectivity index (χ1) is 12.0. The van der Waals surface area contributed by atoms with Crippen molar-refractivity contribution in [2.75, 3.05) is 6.61 Å². The maximum atomic E-state index is 15.0. The molecule has 11 heteroatoms. The molecule has 142 valence electrons. The van der Waals surface area contributed by atoms with Gasteiger partial charge in [-0.05, 0) is 5.92 Å². The molecular formula is C15H16F2N2O7. The number of carbonyl (C=O) groups is 1. The Hall–Kier alpha value is -2.55. The number of hydrogen-bond donors (Lipinski definition) is 3.